The van der Waals surface area contributed by atoms with E-state index >= 15 is 0 Å². The lowest BCUT2D eigenvalue weighted by Crippen LogP contribution is -2.42. The van der Waals surface area contributed by atoms with E-state index in [4.69, 9.17) is 14.1 Å². The van der Waals surface area contributed by atoms with Crippen molar-refractivity contribution in [2.24, 2.45) is 4.99 Å². The van der Waals surface area contributed by atoms with Crippen LogP contribution in [-0.4, -0.2) is 56.8 Å². The quantitative estimate of drug-likeness (QED) is 0.536. The second-order valence-corrected chi connectivity index (χ2v) is 7.91. The summed E-state index contributed by atoms with van der Waals surface area (Å²) in [6.45, 7) is 10.1. The van der Waals surface area contributed by atoms with Crippen LogP contribution in [0.2, 0.25) is 0 Å². The number of rotatable bonds is 8. The molecule has 6 nitrogen and oxygen atoms in total. The molecule has 1 atom stereocenters. The smallest absolute Gasteiger partial charge is 0.191 e. The summed E-state index contributed by atoms with van der Waals surface area (Å²) in [6, 6.07) is 8.66. The SMILES string of the molecule is CCNC(=NCC(c1ccc(C)s1)N1CCOCC1)NCCc1ccco1. The molecule has 7 heteroatoms. The summed E-state index contributed by atoms with van der Waals surface area (Å²) in [4.78, 5) is 10.1. The number of hydrogen-bond donors (Lipinski definition) is 2. The highest BCUT2D eigenvalue weighted by molar-refractivity contribution is 7.12. The molecule has 1 unspecified atom stereocenters. The van der Waals surface area contributed by atoms with Crippen LogP contribution in [0.25, 0.3) is 0 Å². The highest BCUT2D eigenvalue weighted by Gasteiger charge is 2.23. The fraction of sp³-hybridized carbons (Fsp3) is 0.550. The Morgan fingerprint density at radius 3 is 2.78 bits per heavy atom. The standard InChI is InChI=1S/C20H30N4O2S/c1-3-21-20(22-9-8-17-5-4-12-26-17)23-15-18(19-7-6-16(2)27-19)24-10-13-25-14-11-24/h4-7,12,18H,3,8-11,13-15H2,1-2H3,(H2,21,22,23). The Morgan fingerprint density at radius 1 is 1.26 bits per heavy atom. The van der Waals surface area contributed by atoms with E-state index in [0.29, 0.717) is 6.04 Å². The van der Waals surface area contributed by atoms with Crippen molar-refractivity contribution in [2.45, 2.75) is 26.3 Å². The van der Waals surface area contributed by atoms with Crippen LogP contribution in [0.5, 0.6) is 0 Å². The molecule has 0 radical (unpaired) electrons. The zero-order chi connectivity index (χ0) is 18.9. The van der Waals surface area contributed by atoms with E-state index in [2.05, 4.69) is 41.5 Å². The van der Waals surface area contributed by atoms with Crippen molar-refractivity contribution in [2.75, 3.05) is 45.9 Å². The van der Waals surface area contributed by atoms with Gasteiger partial charge in [-0.3, -0.25) is 9.89 Å². The molecule has 0 aromatic carbocycles. The number of aryl methyl sites for hydroxylation is 1. The lowest BCUT2D eigenvalue weighted by atomic mass is 10.2. The third kappa shape index (κ3) is 6.09. The molecule has 0 saturated carbocycles. The molecule has 2 aromatic heterocycles. The molecule has 2 N–H and O–H groups in total. The Balaban J connectivity index is 1.63. The van der Waals surface area contributed by atoms with Gasteiger partial charge in [0, 0.05) is 42.4 Å². The summed E-state index contributed by atoms with van der Waals surface area (Å²) in [5.41, 5.74) is 0. The van der Waals surface area contributed by atoms with Crippen molar-refractivity contribution in [3.05, 3.63) is 46.0 Å². The van der Waals surface area contributed by atoms with E-state index in [1.807, 2.05) is 23.5 Å². The Bertz CT molecular complexity index is 693. The predicted octanol–water partition coefficient (Wildman–Crippen LogP) is 2.82. The van der Waals surface area contributed by atoms with Gasteiger partial charge in [0.25, 0.3) is 0 Å². The van der Waals surface area contributed by atoms with Gasteiger partial charge in [-0.15, -0.1) is 11.3 Å². The van der Waals surface area contributed by atoms with Crippen LogP contribution in [-0.2, 0) is 11.2 Å². The van der Waals surface area contributed by atoms with Crippen molar-refractivity contribution in [1.82, 2.24) is 15.5 Å². The van der Waals surface area contributed by atoms with Crippen LogP contribution in [0.15, 0.2) is 39.9 Å². The van der Waals surface area contributed by atoms with Gasteiger partial charge in [0.1, 0.15) is 5.76 Å². The summed E-state index contributed by atoms with van der Waals surface area (Å²) in [5, 5.41) is 6.76. The monoisotopic (exact) mass is 390 g/mol. The van der Waals surface area contributed by atoms with Gasteiger partial charge in [0.15, 0.2) is 5.96 Å². The molecule has 3 heterocycles. The molecule has 27 heavy (non-hydrogen) atoms. The van der Waals surface area contributed by atoms with Crippen molar-refractivity contribution >= 4 is 17.3 Å². The van der Waals surface area contributed by atoms with Gasteiger partial charge in [-0.1, -0.05) is 0 Å². The highest BCUT2D eigenvalue weighted by Crippen LogP contribution is 2.28. The molecule has 0 aliphatic carbocycles. The van der Waals surface area contributed by atoms with Gasteiger partial charge in [-0.25, -0.2) is 0 Å². The van der Waals surface area contributed by atoms with Gasteiger partial charge in [-0.2, -0.15) is 0 Å². The molecular weight excluding hydrogens is 360 g/mol. The van der Waals surface area contributed by atoms with Crippen LogP contribution in [0, 0.1) is 6.92 Å². The minimum absolute atomic E-state index is 0.299. The second-order valence-electron chi connectivity index (χ2n) is 6.59. The molecule has 0 bridgehead atoms. The predicted molar refractivity (Wildman–Crippen MR) is 111 cm³/mol. The summed E-state index contributed by atoms with van der Waals surface area (Å²) in [7, 11) is 0. The third-order valence-corrected chi connectivity index (χ3v) is 5.69. The topological polar surface area (TPSA) is 62.0 Å². The molecule has 3 rings (SSSR count). The Morgan fingerprint density at radius 2 is 2.11 bits per heavy atom. The Kier molecular flexibility index (Phi) is 7.74. The van der Waals surface area contributed by atoms with Crippen LogP contribution in [0.4, 0.5) is 0 Å². The zero-order valence-electron chi connectivity index (χ0n) is 16.2. The Labute approximate surface area is 165 Å². The summed E-state index contributed by atoms with van der Waals surface area (Å²) in [6.07, 6.45) is 2.55. The van der Waals surface area contributed by atoms with Gasteiger partial charge >= 0.3 is 0 Å². The van der Waals surface area contributed by atoms with Crippen LogP contribution >= 0.6 is 11.3 Å². The van der Waals surface area contributed by atoms with Crippen molar-refractivity contribution in [3.8, 4) is 0 Å². The second kappa shape index (κ2) is 10.5. The normalized spacial score (nSPS) is 17.0. The average molecular weight is 391 g/mol. The minimum atomic E-state index is 0.299. The molecule has 1 fully saturated rings. The molecule has 1 saturated heterocycles. The Hall–Kier alpha value is -1.83. The van der Waals surface area contributed by atoms with E-state index in [-0.39, 0.29) is 0 Å². The van der Waals surface area contributed by atoms with Gasteiger partial charge in [-0.05, 0) is 38.1 Å². The van der Waals surface area contributed by atoms with E-state index in [1.165, 1.54) is 9.75 Å². The van der Waals surface area contributed by atoms with E-state index in [0.717, 1.165) is 64.1 Å². The number of furan rings is 1. The maximum absolute atomic E-state index is 5.54. The van der Waals surface area contributed by atoms with Crippen LogP contribution in [0.3, 0.4) is 0 Å². The van der Waals surface area contributed by atoms with Crippen molar-refractivity contribution in [3.63, 3.8) is 0 Å². The van der Waals surface area contributed by atoms with Crippen molar-refractivity contribution in [1.29, 1.82) is 0 Å². The largest absolute Gasteiger partial charge is 0.469 e. The number of ether oxygens (including phenoxy) is 1. The average Bonchev–Trinajstić information content (AvgIpc) is 3.35. The molecule has 0 amide bonds. The first-order chi connectivity index (χ1) is 13.3. The maximum atomic E-state index is 5.54. The summed E-state index contributed by atoms with van der Waals surface area (Å²) < 4.78 is 10.9. The molecule has 1 aliphatic heterocycles. The number of guanidine groups is 1. The van der Waals surface area contributed by atoms with E-state index in [9.17, 15) is 0 Å². The van der Waals surface area contributed by atoms with Gasteiger partial charge in [0.05, 0.1) is 32.1 Å². The van der Waals surface area contributed by atoms with E-state index in [1.54, 1.807) is 6.26 Å². The fourth-order valence-corrected chi connectivity index (χ4v) is 4.19. The third-order valence-electron chi connectivity index (χ3n) is 4.59. The first kappa shape index (κ1) is 19.9. The highest BCUT2D eigenvalue weighted by atomic mass is 32.1. The van der Waals surface area contributed by atoms with E-state index < -0.39 is 0 Å². The number of thiophene rings is 1. The minimum Gasteiger partial charge on any atom is -0.469 e. The number of hydrogen-bond acceptors (Lipinski definition) is 5. The molecule has 148 valence electrons. The van der Waals surface area contributed by atoms with Gasteiger partial charge in [0.2, 0.25) is 0 Å². The molecule has 0 spiro atoms. The number of aliphatic imine (C=N–C) groups is 1. The maximum Gasteiger partial charge on any atom is 0.191 e. The first-order valence-corrected chi connectivity index (χ1v) is 10.5. The van der Waals surface area contributed by atoms with Crippen LogP contribution < -0.4 is 10.6 Å². The first-order valence-electron chi connectivity index (χ1n) is 9.69. The lowest BCUT2D eigenvalue weighted by molar-refractivity contribution is 0.0186. The van der Waals surface area contributed by atoms with Crippen LogP contribution in [0.1, 0.15) is 28.5 Å². The summed E-state index contributed by atoms with van der Waals surface area (Å²) in [5.74, 6) is 1.84. The van der Waals surface area contributed by atoms with Crippen molar-refractivity contribution < 1.29 is 9.15 Å². The lowest BCUT2D eigenvalue weighted by Gasteiger charge is -2.33. The van der Waals surface area contributed by atoms with Gasteiger partial charge < -0.3 is 19.8 Å². The summed E-state index contributed by atoms with van der Waals surface area (Å²) >= 11 is 1.87. The number of morpholine rings is 1. The molecule has 2 aromatic rings. The molecule has 1 aliphatic rings. The molecular formula is C20H30N4O2S. The zero-order valence-corrected chi connectivity index (χ0v) is 17.1. The number of nitrogens with one attached hydrogen (secondary N) is 2. The number of nitrogens with zero attached hydrogens (tertiary/aromatic N) is 2. The fourth-order valence-electron chi connectivity index (χ4n) is 3.19.